The predicted molar refractivity (Wildman–Crippen MR) is 115 cm³/mol. The van der Waals surface area contributed by atoms with E-state index >= 15 is 0 Å². The molecule has 1 aliphatic heterocycles. The van der Waals surface area contributed by atoms with E-state index in [1.807, 2.05) is 30.3 Å². The van der Waals surface area contributed by atoms with E-state index in [1.54, 1.807) is 24.3 Å². The van der Waals surface area contributed by atoms with E-state index in [4.69, 9.17) is 4.74 Å². The third kappa shape index (κ3) is 5.11. The van der Waals surface area contributed by atoms with Crippen LogP contribution in [0, 0.1) is 0 Å². The fourth-order valence-corrected chi connectivity index (χ4v) is 3.13. The van der Waals surface area contributed by atoms with Gasteiger partial charge < -0.3 is 10.1 Å². The Morgan fingerprint density at radius 3 is 2.53 bits per heavy atom. The van der Waals surface area contributed by atoms with Crippen molar-refractivity contribution in [3.8, 4) is 0 Å². The number of ether oxygens (including phenoxy) is 1. The van der Waals surface area contributed by atoms with E-state index in [0.29, 0.717) is 17.3 Å². The zero-order valence-corrected chi connectivity index (χ0v) is 17.1. The topological polar surface area (TPSA) is 88.1 Å². The maximum atomic E-state index is 12.4. The summed E-state index contributed by atoms with van der Waals surface area (Å²) in [5.41, 5.74) is 2.44. The van der Waals surface area contributed by atoms with Crippen molar-refractivity contribution in [1.29, 1.82) is 0 Å². The first-order valence-corrected chi connectivity index (χ1v) is 10.0. The molecule has 0 unspecified atom stereocenters. The van der Waals surface area contributed by atoms with Gasteiger partial charge in [0.15, 0.2) is 6.61 Å². The van der Waals surface area contributed by atoms with Gasteiger partial charge in [0.1, 0.15) is 5.71 Å². The number of carbonyl (C=O) groups is 3. The van der Waals surface area contributed by atoms with Crippen LogP contribution in [-0.4, -0.2) is 30.1 Å². The van der Waals surface area contributed by atoms with E-state index in [2.05, 4.69) is 24.3 Å². The molecule has 2 aromatic rings. The summed E-state index contributed by atoms with van der Waals surface area (Å²) >= 11 is 0. The lowest BCUT2D eigenvalue weighted by Gasteiger charge is -2.22. The number of benzene rings is 2. The van der Waals surface area contributed by atoms with Crippen molar-refractivity contribution in [2.75, 3.05) is 16.9 Å². The van der Waals surface area contributed by atoms with Gasteiger partial charge in [-0.05, 0) is 36.1 Å². The molecule has 0 saturated carbocycles. The lowest BCUT2D eigenvalue weighted by molar-refractivity contribution is -0.140. The summed E-state index contributed by atoms with van der Waals surface area (Å²) < 4.78 is 5.14. The van der Waals surface area contributed by atoms with Crippen molar-refractivity contribution in [1.82, 2.24) is 0 Å². The molecule has 1 aliphatic rings. The fraction of sp³-hybridized carbons (Fsp3) is 0.304. The molecule has 0 fully saturated rings. The average Bonchev–Trinajstić information content (AvgIpc) is 2.78. The van der Waals surface area contributed by atoms with Crippen LogP contribution in [0.4, 0.5) is 11.4 Å². The number of anilines is 2. The highest BCUT2D eigenvalue weighted by molar-refractivity contribution is 6.38. The first kappa shape index (κ1) is 21.2. The first-order valence-electron chi connectivity index (χ1n) is 10.0. The Bertz CT molecular complexity index is 956. The molecule has 30 heavy (non-hydrogen) atoms. The van der Waals surface area contributed by atoms with Gasteiger partial charge in [-0.2, -0.15) is 5.10 Å². The Balaban J connectivity index is 1.62. The van der Waals surface area contributed by atoms with E-state index in [0.717, 1.165) is 12.0 Å². The zero-order chi connectivity index (χ0) is 21.5. The smallest absolute Gasteiger partial charge is 0.355 e. The molecule has 2 aromatic carbocycles. The number of rotatable bonds is 7. The molecule has 156 valence electrons. The molecule has 3 rings (SSSR count). The van der Waals surface area contributed by atoms with E-state index in [9.17, 15) is 14.4 Å². The number of hydrogen-bond donors (Lipinski definition) is 1. The van der Waals surface area contributed by atoms with E-state index < -0.39 is 18.5 Å². The lowest BCUT2D eigenvalue weighted by atomic mass is 9.97. The van der Waals surface area contributed by atoms with Crippen LogP contribution >= 0.6 is 0 Å². The second kappa shape index (κ2) is 9.82. The number of amides is 2. The summed E-state index contributed by atoms with van der Waals surface area (Å²) in [5.74, 6) is -1.03. The molecular formula is C23H25N3O4. The number of hydrogen-bond acceptors (Lipinski definition) is 5. The summed E-state index contributed by atoms with van der Waals surface area (Å²) in [4.78, 5) is 36.8. The van der Waals surface area contributed by atoms with Gasteiger partial charge in [-0.25, -0.2) is 9.80 Å². The van der Waals surface area contributed by atoms with Crippen molar-refractivity contribution >= 4 is 34.9 Å². The molecule has 0 aliphatic carbocycles. The third-order valence-electron chi connectivity index (χ3n) is 4.98. The van der Waals surface area contributed by atoms with Crippen LogP contribution in [0.2, 0.25) is 0 Å². The minimum atomic E-state index is -0.700. The van der Waals surface area contributed by atoms with Gasteiger partial charge in [-0.15, -0.1) is 0 Å². The molecule has 0 aromatic heterocycles. The third-order valence-corrected chi connectivity index (χ3v) is 4.98. The van der Waals surface area contributed by atoms with E-state index in [1.165, 1.54) is 5.01 Å². The number of esters is 1. The fourth-order valence-electron chi connectivity index (χ4n) is 3.13. The van der Waals surface area contributed by atoms with Crippen molar-refractivity contribution in [2.24, 2.45) is 5.10 Å². The molecule has 0 saturated heterocycles. The normalized spacial score (nSPS) is 14.7. The number of nitrogens with one attached hydrogen (secondary N) is 1. The Hall–Kier alpha value is -3.48. The molecule has 1 atom stereocenters. The van der Waals surface area contributed by atoms with Crippen LogP contribution in [-0.2, 0) is 19.1 Å². The number of para-hydroxylation sites is 2. The number of carbonyl (C=O) groups excluding carboxylic acids is 3. The Labute approximate surface area is 175 Å². The van der Waals surface area contributed by atoms with Gasteiger partial charge in [0.2, 0.25) is 5.91 Å². The summed E-state index contributed by atoms with van der Waals surface area (Å²) in [6.07, 6.45) is 1.27. The average molecular weight is 407 g/mol. The van der Waals surface area contributed by atoms with Crippen molar-refractivity contribution in [2.45, 2.75) is 39.0 Å². The molecule has 0 radical (unpaired) electrons. The molecular weight excluding hydrogens is 382 g/mol. The van der Waals surface area contributed by atoms with Crippen LogP contribution in [0.1, 0.15) is 44.6 Å². The van der Waals surface area contributed by atoms with Crippen LogP contribution in [0.15, 0.2) is 59.7 Å². The number of nitrogens with zero attached hydrogens (tertiary/aromatic N) is 2. The molecule has 7 nitrogen and oxygen atoms in total. The highest BCUT2D eigenvalue weighted by atomic mass is 16.5. The van der Waals surface area contributed by atoms with Crippen LogP contribution in [0.25, 0.3) is 0 Å². The minimum absolute atomic E-state index is 0.117. The second-order valence-electron chi connectivity index (χ2n) is 7.11. The highest BCUT2D eigenvalue weighted by Gasteiger charge is 2.26. The summed E-state index contributed by atoms with van der Waals surface area (Å²) in [6.45, 7) is 3.75. The van der Waals surface area contributed by atoms with Crippen molar-refractivity contribution < 1.29 is 19.1 Å². The molecule has 7 heteroatoms. The van der Waals surface area contributed by atoms with Crippen molar-refractivity contribution in [3.63, 3.8) is 0 Å². The summed E-state index contributed by atoms with van der Waals surface area (Å²) in [5, 5.41) is 8.14. The van der Waals surface area contributed by atoms with Gasteiger partial charge in [0.05, 0.1) is 5.69 Å². The van der Waals surface area contributed by atoms with Crippen LogP contribution in [0.5, 0.6) is 0 Å². The van der Waals surface area contributed by atoms with Crippen LogP contribution < -0.4 is 10.3 Å². The molecule has 0 spiro atoms. The van der Waals surface area contributed by atoms with Gasteiger partial charge in [-0.3, -0.25) is 9.59 Å². The maximum absolute atomic E-state index is 12.4. The Morgan fingerprint density at radius 1 is 1.10 bits per heavy atom. The second-order valence-corrected chi connectivity index (χ2v) is 7.11. The van der Waals surface area contributed by atoms with Gasteiger partial charge in [0, 0.05) is 18.5 Å². The summed E-state index contributed by atoms with van der Waals surface area (Å²) in [6, 6.07) is 16.4. The van der Waals surface area contributed by atoms with E-state index in [-0.39, 0.29) is 24.5 Å². The largest absolute Gasteiger partial charge is 0.451 e. The SMILES string of the molecule is CC[C@H](C)c1ccccc1NC(=O)COC(=O)C1=NN(c2ccccc2)C(=O)CC1. The monoisotopic (exact) mass is 407 g/mol. The predicted octanol–water partition coefficient (Wildman–Crippen LogP) is 3.86. The van der Waals surface area contributed by atoms with Gasteiger partial charge in [-0.1, -0.05) is 50.2 Å². The first-order chi connectivity index (χ1) is 14.5. The maximum Gasteiger partial charge on any atom is 0.355 e. The Kier molecular flexibility index (Phi) is 6.95. The number of hydrazone groups is 1. The molecule has 0 bridgehead atoms. The van der Waals surface area contributed by atoms with Crippen molar-refractivity contribution in [3.05, 3.63) is 60.2 Å². The molecule has 2 amide bonds. The zero-order valence-electron chi connectivity index (χ0n) is 17.1. The molecule has 1 heterocycles. The quantitative estimate of drug-likeness (QED) is 0.706. The standard InChI is InChI=1S/C23H25N3O4/c1-3-16(2)18-11-7-8-12-19(18)24-21(27)15-30-23(29)20-13-14-22(28)26(25-20)17-9-5-4-6-10-17/h4-12,16H,3,13-15H2,1-2H3,(H,24,27)/t16-/m0/s1. The highest BCUT2D eigenvalue weighted by Crippen LogP contribution is 2.26. The van der Waals surface area contributed by atoms with Crippen LogP contribution in [0.3, 0.4) is 0 Å². The molecule has 1 N–H and O–H groups in total. The van der Waals surface area contributed by atoms with Gasteiger partial charge >= 0.3 is 5.97 Å². The Morgan fingerprint density at radius 2 is 1.80 bits per heavy atom. The summed E-state index contributed by atoms with van der Waals surface area (Å²) in [7, 11) is 0. The minimum Gasteiger partial charge on any atom is -0.451 e. The lowest BCUT2D eigenvalue weighted by Crippen LogP contribution is -2.35. The van der Waals surface area contributed by atoms with Gasteiger partial charge in [0.25, 0.3) is 5.91 Å².